The van der Waals surface area contributed by atoms with Crippen molar-refractivity contribution in [2.24, 2.45) is 5.92 Å². The SMILES string of the molecule is CCC(C#N)C(=O)NCc1ccc(OC)cc1. The first-order chi connectivity index (χ1) is 8.21. The Morgan fingerprint density at radius 1 is 1.47 bits per heavy atom. The third kappa shape index (κ3) is 3.80. The number of benzene rings is 1. The van der Waals surface area contributed by atoms with Gasteiger partial charge in [-0.2, -0.15) is 5.26 Å². The number of carbonyl (C=O) groups excluding carboxylic acids is 1. The number of nitrogens with one attached hydrogen (secondary N) is 1. The van der Waals surface area contributed by atoms with Crippen molar-refractivity contribution in [1.82, 2.24) is 5.32 Å². The van der Waals surface area contributed by atoms with Crippen LogP contribution in [0.5, 0.6) is 5.75 Å². The van der Waals surface area contributed by atoms with Gasteiger partial charge in [-0.1, -0.05) is 19.1 Å². The summed E-state index contributed by atoms with van der Waals surface area (Å²) in [5.41, 5.74) is 0.979. The number of methoxy groups -OCH3 is 1. The van der Waals surface area contributed by atoms with Gasteiger partial charge in [-0.15, -0.1) is 0 Å². The molecule has 0 bridgehead atoms. The number of nitrogens with zero attached hydrogens (tertiary/aromatic N) is 1. The summed E-state index contributed by atoms with van der Waals surface area (Å²) in [6.07, 6.45) is 0.533. The summed E-state index contributed by atoms with van der Waals surface area (Å²) in [6.45, 7) is 2.25. The summed E-state index contributed by atoms with van der Waals surface area (Å²) >= 11 is 0. The molecule has 0 aliphatic heterocycles. The zero-order chi connectivity index (χ0) is 12.7. The highest BCUT2D eigenvalue weighted by atomic mass is 16.5. The largest absolute Gasteiger partial charge is 0.497 e. The van der Waals surface area contributed by atoms with E-state index in [1.54, 1.807) is 7.11 Å². The van der Waals surface area contributed by atoms with Crippen molar-refractivity contribution in [1.29, 1.82) is 5.26 Å². The Balaban J connectivity index is 2.50. The minimum absolute atomic E-state index is 0.217. The zero-order valence-corrected chi connectivity index (χ0v) is 10.1. The number of hydrogen-bond donors (Lipinski definition) is 1. The van der Waals surface area contributed by atoms with E-state index in [-0.39, 0.29) is 5.91 Å². The molecule has 1 N–H and O–H groups in total. The van der Waals surface area contributed by atoms with Crippen LogP contribution >= 0.6 is 0 Å². The van der Waals surface area contributed by atoms with Crippen LogP contribution in [0.4, 0.5) is 0 Å². The molecule has 1 amide bonds. The monoisotopic (exact) mass is 232 g/mol. The van der Waals surface area contributed by atoms with E-state index in [1.807, 2.05) is 37.3 Å². The van der Waals surface area contributed by atoms with Crippen LogP contribution in [0.3, 0.4) is 0 Å². The van der Waals surface area contributed by atoms with Crippen LogP contribution in [-0.4, -0.2) is 13.0 Å². The lowest BCUT2D eigenvalue weighted by Gasteiger charge is -2.08. The Hall–Kier alpha value is -2.02. The average Bonchev–Trinajstić information content (AvgIpc) is 2.38. The molecular formula is C13H16N2O2. The van der Waals surface area contributed by atoms with E-state index in [4.69, 9.17) is 10.00 Å². The molecule has 1 atom stereocenters. The van der Waals surface area contributed by atoms with Crippen LogP contribution in [0, 0.1) is 17.2 Å². The lowest BCUT2D eigenvalue weighted by Crippen LogP contribution is -2.29. The molecule has 0 saturated carbocycles. The second kappa shape index (κ2) is 6.54. The van der Waals surface area contributed by atoms with Gasteiger partial charge in [0, 0.05) is 6.54 Å². The molecule has 90 valence electrons. The van der Waals surface area contributed by atoms with Crippen molar-refractivity contribution in [3.8, 4) is 11.8 Å². The smallest absolute Gasteiger partial charge is 0.237 e. The van der Waals surface area contributed by atoms with Gasteiger partial charge in [-0.05, 0) is 24.1 Å². The highest BCUT2D eigenvalue weighted by Gasteiger charge is 2.14. The normalized spacial score (nSPS) is 11.4. The maximum atomic E-state index is 11.5. The fourth-order valence-electron chi connectivity index (χ4n) is 1.39. The van der Waals surface area contributed by atoms with Crippen molar-refractivity contribution in [2.45, 2.75) is 19.9 Å². The maximum Gasteiger partial charge on any atom is 0.237 e. The Kier molecular flexibility index (Phi) is 5.02. The number of rotatable bonds is 5. The fourth-order valence-corrected chi connectivity index (χ4v) is 1.39. The van der Waals surface area contributed by atoms with E-state index in [1.165, 1.54) is 0 Å². The molecule has 0 saturated heterocycles. The number of amides is 1. The van der Waals surface area contributed by atoms with Crippen molar-refractivity contribution in [3.05, 3.63) is 29.8 Å². The lowest BCUT2D eigenvalue weighted by atomic mass is 10.1. The zero-order valence-electron chi connectivity index (χ0n) is 10.1. The topological polar surface area (TPSA) is 62.1 Å². The van der Waals surface area contributed by atoms with Gasteiger partial charge >= 0.3 is 0 Å². The molecule has 17 heavy (non-hydrogen) atoms. The van der Waals surface area contributed by atoms with Crippen molar-refractivity contribution >= 4 is 5.91 Å². The van der Waals surface area contributed by atoms with Crippen molar-refractivity contribution < 1.29 is 9.53 Å². The van der Waals surface area contributed by atoms with Crippen LogP contribution in [0.1, 0.15) is 18.9 Å². The summed E-state index contributed by atoms with van der Waals surface area (Å²) in [5.74, 6) is 0.00241. The van der Waals surface area contributed by atoms with E-state index < -0.39 is 5.92 Å². The molecule has 0 spiro atoms. The van der Waals surface area contributed by atoms with Crippen LogP contribution < -0.4 is 10.1 Å². The Morgan fingerprint density at radius 2 is 2.12 bits per heavy atom. The summed E-state index contributed by atoms with van der Waals surface area (Å²) in [7, 11) is 1.61. The minimum Gasteiger partial charge on any atom is -0.497 e. The van der Waals surface area contributed by atoms with Crippen molar-refractivity contribution in [2.75, 3.05) is 7.11 Å². The van der Waals surface area contributed by atoms with Gasteiger partial charge in [0.25, 0.3) is 0 Å². The van der Waals surface area contributed by atoms with E-state index >= 15 is 0 Å². The molecule has 0 radical (unpaired) electrons. The predicted octanol–water partition coefficient (Wildman–Crippen LogP) is 1.86. The summed E-state index contributed by atoms with van der Waals surface area (Å²) in [6, 6.07) is 9.41. The fraction of sp³-hybridized carbons (Fsp3) is 0.385. The predicted molar refractivity (Wildman–Crippen MR) is 64.2 cm³/mol. The molecule has 0 heterocycles. The minimum atomic E-state index is -0.562. The van der Waals surface area contributed by atoms with Crippen LogP contribution in [0.25, 0.3) is 0 Å². The number of nitriles is 1. The first-order valence-electron chi connectivity index (χ1n) is 5.51. The van der Waals surface area contributed by atoms with E-state index in [0.717, 1.165) is 11.3 Å². The standard InChI is InChI=1S/C13H16N2O2/c1-3-11(8-14)13(16)15-9-10-4-6-12(17-2)7-5-10/h4-7,11H,3,9H2,1-2H3,(H,15,16). The van der Waals surface area contributed by atoms with Gasteiger partial charge < -0.3 is 10.1 Å². The van der Waals surface area contributed by atoms with E-state index in [2.05, 4.69) is 5.32 Å². The second-order valence-electron chi connectivity index (χ2n) is 3.66. The Labute approximate surface area is 101 Å². The molecule has 0 aliphatic rings. The number of ether oxygens (including phenoxy) is 1. The lowest BCUT2D eigenvalue weighted by molar-refractivity contribution is -0.123. The second-order valence-corrected chi connectivity index (χ2v) is 3.66. The number of carbonyl (C=O) groups is 1. The molecule has 0 fully saturated rings. The van der Waals surface area contributed by atoms with Crippen LogP contribution in [-0.2, 0) is 11.3 Å². The number of hydrogen-bond acceptors (Lipinski definition) is 3. The quantitative estimate of drug-likeness (QED) is 0.842. The molecule has 1 aromatic rings. The molecule has 1 unspecified atom stereocenters. The molecule has 0 aliphatic carbocycles. The Bertz CT molecular complexity index is 406. The van der Waals surface area contributed by atoms with Crippen LogP contribution in [0.15, 0.2) is 24.3 Å². The molecule has 4 heteroatoms. The maximum absolute atomic E-state index is 11.5. The van der Waals surface area contributed by atoms with E-state index in [9.17, 15) is 4.79 Å². The van der Waals surface area contributed by atoms with Gasteiger partial charge in [0.1, 0.15) is 11.7 Å². The summed E-state index contributed by atoms with van der Waals surface area (Å²) in [4.78, 5) is 11.5. The van der Waals surface area contributed by atoms with E-state index in [0.29, 0.717) is 13.0 Å². The van der Waals surface area contributed by atoms with Gasteiger partial charge in [-0.3, -0.25) is 4.79 Å². The molecule has 0 aromatic heterocycles. The summed E-state index contributed by atoms with van der Waals surface area (Å²) < 4.78 is 5.04. The van der Waals surface area contributed by atoms with Crippen LogP contribution in [0.2, 0.25) is 0 Å². The van der Waals surface area contributed by atoms with Gasteiger partial charge in [0.05, 0.1) is 13.2 Å². The Morgan fingerprint density at radius 3 is 2.59 bits per heavy atom. The highest BCUT2D eigenvalue weighted by molar-refractivity contribution is 5.80. The molecule has 1 rings (SSSR count). The third-order valence-electron chi connectivity index (χ3n) is 2.51. The van der Waals surface area contributed by atoms with Gasteiger partial charge in [0.15, 0.2) is 0 Å². The van der Waals surface area contributed by atoms with Gasteiger partial charge in [0.2, 0.25) is 5.91 Å². The first kappa shape index (κ1) is 13.0. The summed E-state index contributed by atoms with van der Waals surface area (Å²) in [5, 5.41) is 11.5. The third-order valence-corrected chi connectivity index (χ3v) is 2.51. The van der Waals surface area contributed by atoms with Crippen molar-refractivity contribution in [3.63, 3.8) is 0 Å². The molecular weight excluding hydrogens is 216 g/mol. The molecule has 1 aromatic carbocycles. The molecule has 4 nitrogen and oxygen atoms in total. The van der Waals surface area contributed by atoms with Gasteiger partial charge in [-0.25, -0.2) is 0 Å². The average molecular weight is 232 g/mol. The highest BCUT2D eigenvalue weighted by Crippen LogP contribution is 2.11. The first-order valence-corrected chi connectivity index (χ1v) is 5.51.